The fourth-order valence-corrected chi connectivity index (χ4v) is 2.74. The first kappa shape index (κ1) is 15.6. The third-order valence-corrected chi connectivity index (χ3v) is 4.11. The van der Waals surface area contributed by atoms with Gasteiger partial charge in [-0.1, -0.05) is 11.6 Å². The van der Waals surface area contributed by atoms with Crippen molar-refractivity contribution in [1.82, 2.24) is 24.3 Å². The summed E-state index contributed by atoms with van der Waals surface area (Å²) in [6.45, 7) is 1.90. The summed E-state index contributed by atoms with van der Waals surface area (Å²) in [5, 5.41) is 8.44. The van der Waals surface area contributed by atoms with Gasteiger partial charge in [0.15, 0.2) is 0 Å². The van der Waals surface area contributed by atoms with E-state index in [1.807, 2.05) is 36.9 Å². The number of fused-ring (bicyclic) bond motifs is 1. The minimum atomic E-state index is -0.465. The molecule has 0 aliphatic heterocycles. The molecular formula is C17H14ClFN6. The summed E-state index contributed by atoms with van der Waals surface area (Å²) in [5.41, 5.74) is 2.27. The second kappa shape index (κ2) is 5.86. The summed E-state index contributed by atoms with van der Waals surface area (Å²) in [7, 11) is 1.91. The van der Waals surface area contributed by atoms with Crippen LogP contribution in [0.15, 0.2) is 42.7 Å². The molecule has 6 nitrogen and oxygen atoms in total. The van der Waals surface area contributed by atoms with E-state index in [1.54, 1.807) is 16.9 Å². The monoisotopic (exact) mass is 356 g/mol. The molecule has 25 heavy (non-hydrogen) atoms. The maximum absolute atomic E-state index is 13.4. The molecule has 0 atom stereocenters. The lowest BCUT2D eigenvalue weighted by Crippen LogP contribution is -2.06. The van der Waals surface area contributed by atoms with Gasteiger partial charge in [0.25, 0.3) is 5.95 Å². The molecule has 1 N–H and O–H groups in total. The third-order valence-electron chi connectivity index (χ3n) is 3.82. The number of nitrogens with zero attached hydrogens (tertiary/aromatic N) is 5. The quantitative estimate of drug-likeness (QED) is 0.602. The van der Waals surface area contributed by atoms with Crippen LogP contribution in [0.2, 0.25) is 5.02 Å². The molecule has 0 spiro atoms. The Morgan fingerprint density at radius 2 is 1.96 bits per heavy atom. The van der Waals surface area contributed by atoms with Gasteiger partial charge in [-0.25, -0.2) is 9.07 Å². The smallest absolute Gasteiger partial charge is 0.254 e. The van der Waals surface area contributed by atoms with Crippen molar-refractivity contribution in [2.24, 2.45) is 7.05 Å². The minimum absolute atomic E-state index is 0.0475. The summed E-state index contributed by atoms with van der Waals surface area (Å²) in [4.78, 5) is 9.15. The van der Waals surface area contributed by atoms with Gasteiger partial charge in [0.1, 0.15) is 17.3 Å². The van der Waals surface area contributed by atoms with Gasteiger partial charge >= 0.3 is 0 Å². The molecule has 8 heteroatoms. The molecule has 3 aromatic heterocycles. The predicted octanol–water partition coefficient (Wildman–Crippen LogP) is 4.00. The molecule has 0 saturated heterocycles. The molecule has 0 bridgehead atoms. The van der Waals surface area contributed by atoms with Crippen molar-refractivity contribution in [3.05, 3.63) is 59.3 Å². The van der Waals surface area contributed by atoms with Crippen LogP contribution in [0.1, 0.15) is 5.69 Å². The van der Waals surface area contributed by atoms with Crippen LogP contribution in [0, 0.1) is 12.7 Å². The zero-order chi connectivity index (χ0) is 17.6. The van der Waals surface area contributed by atoms with Gasteiger partial charge in [0.2, 0.25) is 0 Å². The molecular weight excluding hydrogens is 343 g/mol. The van der Waals surface area contributed by atoms with E-state index in [9.17, 15) is 4.39 Å². The van der Waals surface area contributed by atoms with Crippen molar-refractivity contribution in [3.8, 4) is 5.95 Å². The average molecular weight is 357 g/mol. The van der Waals surface area contributed by atoms with Crippen LogP contribution >= 0.6 is 11.6 Å². The summed E-state index contributed by atoms with van der Waals surface area (Å²) in [5.74, 6) is 0.571. The maximum atomic E-state index is 13.4. The topological polar surface area (TPSA) is 60.6 Å². The molecule has 4 aromatic rings. The standard InChI is InChI=1S/C17H14ClFN6/c1-10-5-8-25(23-10)17-21-15(12-6-7-24(2)16(12)22-17)20-11-3-4-14(19)13(18)9-11/h3-9H,1-2H3,(H,20,21,22). The number of benzene rings is 1. The van der Waals surface area contributed by atoms with Gasteiger partial charge in [-0.05, 0) is 37.3 Å². The molecule has 0 saturated carbocycles. The fourth-order valence-electron chi connectivity index (χ4n) is 2.56. The number of aryl methyl sites for hydroxylation is 2. The maximum Gasteiger partial charge on any atom is 0.254 e. The molecule has 4 rings (SSSR count). The lowest BCUT2D eigenvalue weighted by atomic mass is 10.3. The Balaban J connectivity index is 1.85. The van der Waals surface area contributed by atoms with Crippen LogP contribution < -0.4 is 5.32 Å². The average Bonchev–Trinajstić information content (AvgIpc) is 3.18. The lowest BCUT2D eigenvalue weighted by molar-refractivity contribution is 0.628. The molecule has 126 valence electrons. The van der Waals surface area contributed by atoms with Crippen molar-refractivity contribution < 1.29 is 4.39 Å². The lowest BCUT2D eigenvalue weighted by Gasteiger charge is -2.10. The van der Waals surface area contributed by atoms with Crippen molar-refractivity contribution >= 4 is 34.1 Å². The first-order valence-corrected chi connectivity index (χ1v) is 7.97. The summed E-state index contributed by atoms with van der Waals surface area (Å²) in [6.07, 6.45) is 3.71. The fraction of sp³-hybridized carbons (Fsp3) is 0.118. The number of anilines is 2. The van der Waals surface area contributed by atoms with Crippen molar-refractivity contribution in [2.45, 2.75) is 6.92 Å². The highest BCUT2D eigenvalue weighted by Crippen LogP contribution is 2.27. The Hall–Kier alpha value is -2.93. The van der Waals surface area contributed by atoms with Crippen LogP contribution in [0.5, 0.6) is 0 Å². The Morgan fingerprint density at radius 3 is 2.68 bits per heavy atom. The molecule has 0 unspecified atom stereocenters. The number of hydrogen-bond acceptors (Lipinski definition) is 4. The predicted molar refractivity (Wildman–Crippen MR) is 95.1 cm³/mol. The Morgan fingerprint density at radius 1 is 1.12 bits per heavy atom. The zero-order valence-electron chi connectivity index (χ0n) is 13.5. The SMILES string of the molecule is Cc1ccn(-c2nc(Nc3ccc(F)c(Cl)c3)c3ccn(C)c3n2)n1. The molecule has 0 amide bonds. The van der Waals surface area contributed by atoms with E-state index >= 15 is 0 Å². The van der Waals surface area contributed by atoms with Gasteiger partial charge in [-0.3, -0.25) is 0 Å². The minimum Gasteiger partial charge on any atom is -0.339 e. The highest BCUT2D eigenvalue weighted by Gasteiger charge is 2.13. The van der Waals surface area contributed by atoms with Crippen molar-refractivity contribution in [1.29, 1.82) is 0 Å². The van der Waals surface area contributed by atoms with E-state index in [0.29, 0.717) is 17.5 Å². The van der Waals surface area contributed by atoms with Crippen LogP contribution in [0.3, 0.4) is 0 Å². The van der Waals surface area contributed by atoms with E-state index in [1.165, 1.54) is 12.1 Å². The molecule has 1 aromatic carbocycles. The Labute approximate surface area is 147 Å². The largest absolute Gasteiger partial charge is 0.339 e. The summed E-state index contributed by atoms with van der Waals surface area (Å²) < 4.78 is 16.9. The molecule has 0 radical (unpaired) electrons. The number of halogens is 2. The van der Waals surface area contributed by atoms with Gasteiger partial charge in [0, 0.05) is 25.1 Å². The number of hydrogen-bond donors (Lipinski definition) is 1. The summed E-state index contributed by atoms with van der Waals surface area (Å²) in [6, 6.07) is 8.24. The van der Waals surface area contributed by atoms with E-state index in [-0.39, 0.29) is 5.02 Å². The van der Waals surface area contributed by atoms with E-state index in [4.69, 9.17) is 11.6 Å². The van der Waals surface area contributed by atoms with Crippen molar-refractivity contribution in [3.63, 3.8) is 0 Å². The molecule has 0 fully saturated rings. The van der Waals surface area contributed by atoms with Crippen molar-refractivity contribution in [2.75, 3.05) is 5.32 Å². The highest BCUT2D eigenvalue weighted by atomic mass is 35.5. The first-order valence-electron chi connectivity index (χ1n) is 7.59. The number of aromatic nitrogens is 5. The van der Waals surface area contributed by atoms with E-state index in [2.05, 4.69) is 20.4 Å². The molecule has 3 heterocycles. The normalized spacial score (nSPS) is 11.2. The van der Waals surface area contributed by atoms with Gasteiger partial charge < -0.3 is 9.88 Å². The molecule has 0 aliphatic carbocycles. The van der Waals surface area contributed by atoms with Crippen LogP contribution in [0.25, 0.3) is 17.0 Å². The Bertz CT molecular complexity index is 1080. The van der Waals surface area contributed by atoms with Crippen LogP contribution in [-0.2, 0) is 7.05 Å². The van der Waals surface area contributed by atoms with E-state index in [0.717, 1.165) is 16.7 Å². The second-order valence-corrected chi connectivity index (χ2v) is 6.10. The van der Waals surface area contributed by atoms with Crippen LogP contribution in [0.4, 0.5) is 15.9 Å². The number of nitrogens with one attached hydrogen (secondary N) is 1. The van der Waals surface area contributed by atoms with E-state index < -0.39 is 5.82 Å². The van der Waals surface area contributed by atoms with Gasteiger partial charge in [-0.15, -0.1) is 0 Å². The Kier molecular flexibility index (Phi) is 3.65. The van der Waals surface area contributed by atoms with Gasteiger partial charge in [0.05, 0.1) is 16.1 Å². The first-order chi connectivity index (χ1) is 12.0. The number of rotatable bonds is 3. The third kappa shape index (κ3) is 2.83. The van der Waals surface area contributed by atoms with Gasteiger partial charge in [-0.2, -0.15) is 15.1 Å². The summed E-state index contributed by atoms with van der Waals surface area (Å²) >= 11 is 5.87. The van der Waals surface area contributed by atoms with Crippen LogP contribution in [-0.4, -0.2) is 24.3 Å². The highest BCUT2D eigenvalue weighted by molar-refractivity contribution is 6.31. The second-order valence-electron chi connectivity index (χ2n) is 5.69. The molecule has 0 aliphatic rings. The zero-order valence-corrected chi connectivity index (χ0v) is 14.3.